The number of rotatable bonds is 8. The summed E-state index contributed by atoms with van der Waals surface area (Å²) >= 11 is 0. The molecule has 2 bridgehead atoms. The van der Waals surface area contributed by atoms with E-state index in [4.69, 9.17) is 10.5 Å². The molecular formula is C31H51FN4O4S. The Morgan fingerprint density at radius 1 is 1.12 bits per heavy atom. The first-order chi connectivity index (χ1) is 19.6. The van der Waals surface area contributed by atoms with Gasteiger partial charge in [-0.1, -0.05) is 25.0 Å². The van der Waals surface area contributed by atoms with E-state index < -0.39 is 16.8 Å². The Morgan fingerprint density at radius 2 is 1.83 bits per heavy atom. The first-order valence-corrected chi connectivity index (χ1v) is 17.5. The van der Waals surface area contributed by atoms with Crippen LogP contribution in [-0.4, -0.2) is 74.5 Å². The van der Waals surface area contributed by atoms with Gasteiger partial charge in [0.15, 0.2) is 0 Å². The zero-order chi connectivity index (χ0) is 29.1. The quantitative estimate of drug-likeness (QED) is 0.287. The molecule has 3 heterocycles. The summed E-state index contributed by atoms with van der Waals surface area (Å²) in [7, 11) is -2.72. The molecule has 1 saturated carbocycles. The zero-order valence-corrected chi connectivity index (χ0v) is 25.5. The summed E-state index contributed by atoms with van der Waals surface area (Å²) in [4.78, 5) is 13.8. The Morgan fingerprint density at radius 3 is 2.56 bits per heavy atom. The molecule has 5 rings (SSSR count). The van der Waals surface area contributed by atoms with Gasteiger partial charge in [0.05, 0.1) is 24.0 Å². The monoisotopic (exact) mass is 594 g/mol. The molecule has 1 aromatic carbocycles. The molecule has 0 radical (unpaired) electrons. The highest BCUT2D eigenvalue weighted by Gasteiger charge is 2.41. The van der Waals surface area contributed by atoms with Crippen molar-refractivity contribution in [3.05, 3.63) is 35.6 Å². The van der Waals surface area contributed by atoms with E-state index in [-0.39, 0.29) is 47.9 Å². The molecule has 0 spiro atoms. The number of nitrogens with zero attached hydrogens (tertiary/aromatic N) is 1. The molecule has 1 aliphatic carbocycles. The molecule has 4 aliphatic rings. The second-order valence-electron chi connectivity index (χ2n) is 13.2. The van der Waals surface area contributed by atoms with E-state index in [9.17, 15) is 18.3 Å². The van der Waals surface area contributed by atoms with E-state index >= 15 is 0 Å². The van der Waals surface area contributed by atoms with Gasteiger partial charge >= 0.3 is 0 Å². The number of nitrogens with two attached hydrogens (primary N) is 1. The van der Waals surface area contributed by atoms with Crippen molar-refractivity contribution in [1.82, 2.24) is 14.9 Å². The molecule has 232 valence electrons. The first kappa shape index (κ1) is 31.2. The van der Waals surface area contributed by atoms with Gasteiger partial charge in [-0.05, 0) is 94.7 Å². The molecule has 6 N–H and O–H groups in total. The van der Waals surface area contributed by atoms with Gasteiger partial charge in [-0.2, -0.15) is 0 Å². The van der Waals surface area contributed by atoms with Gasteiger partial charge in [0.1, 0.15) is 5.82 Å². The Hall–Kier alpha value is -1.27. The summed E-state index contributed by atoms with van der Waals surface area (Å²) < 4.78 is 43.5. The van der Waals surface area contributed by atoms with Gasteiger partial charge in [-0.25, -0.2) is 8.70 Å². The SMILES string of the molecule is C[C@@H]1CC([C@H](c2ccc(F)cc2)[C@H](N)C(=O)N[C@H]2CCCC[C@@H]2CC[C@H]2CN[C@@H]3CCCS(O)(O)N2C3)C[C@H](C)O1. The van der Waals surface area contributed by atoms with Gasteiger partial charge in [-0.15, -0.1) is 10.8 Å². The molecular weight excluding hydrogens is 543 g/mol. The van der Waals surface area contributed by atoms with Crippen LogP contribution in [0.2, 0.25) is 0 Å². The molecule has 3 aliphatic heterocycles. The van der Waals surface area contributed by atoms with Crippen molar-refractivity contribution in [2.45, 2.75) is 120 Å². The van der Waals surface area contributed by atoms with Crippen molar-refractivity contribution in [3.63, 3.8) is 0 Å². The predicted molar refractivity (Wildman–Crippen MR) is 162 cm³/mol. The highest BCUT2D eigenvalue weighted by molar-refractivity contribution is 8.22. The van der Waals surface area contributed by atoms with Crippen LogP contribution in [0.3, 0.4) is 0 Å². The van der Waals surface area contributed by atoms with Gasteiger partial charge in [0, 0.05) is 37.1 Å². The molecule has 8 nitrogen and oxygen atoms in total. The maximum atomic E-state index is 13.8. The zero-order valence-electron chi connectivity index (χ0n) is 24.7. The minimum atomic E-state index is -2.72. The van der Waals surface area contributed by atoms with Crippen LogP contribution in [0.4, 0.5) is 4.39 Å². The largest absolute Gasteiger partial charge is 0.376 e. The maximum Gasteiger partial charge on any atom is 0.237 e. The van der Waals surface area contributed by atoms with Gasteiger partial charge in [0.2, 0.25) is 5.91 Å². The Bertz CT molecular complexity index is 1010. The average molecular weight is 595 g/mol. The van der Waals surface area contributed by atoms with E-state index in [0.29, 0.717) is 24.3 Å². The third-order valence-corrected chi connectivity index (χ3v) is 12.1. The number of hydrogen-bond acceptors (Lipinski definition) is 7. The number of hydrogen-bond donors (Lipinski definition) is 5. The van der Waals surface area contributed by atoms with Crippen LogP contribution < -0.4 is 16.4 Å². The molecule has 10 heteroatoms. The number of amides is 1. The number of halogens is 1. The summed E-state index contributed by atoms with van der Waals surface area (Å²) in [6.45, 7) is 5.60. The molecule has 2 unspecified atom stereocenters. The number of ether oxygens (including phenoxy) is 1. The molecule has 4 fully saturated rings. The lowest BCUT2D eigenvalue weighted by Crippen LogP contribution is -2.56. The molecule has 41 heavy (non-hydrogen) atoms. The topological polar surface area (TPSA) is 120 Å². The maximum absolute atomic E-state index is 13.8. The fourth-order valence-corrected chi connectivity index (χ4v) is 9.94. The second kappa shape index (κ2) is 13.6. The highest BCUT2D eigenvalue weighted by Crippen LogP contribution is 2.49. The third kappa shape index (κ3) is 7.63. The Labute approximate surface area is 246 Å². The van der Waals surface area contributed by atoms with Crippen molar-refractivity contribution < 1.29 is 23.0 Å². The number of benzene rings is 1. The van der Waals surface area contributed by atoms with E-state index in [0.717, 1.165) is 76.3 Å². The number of piperazine rings is 1. The summed E-state index contributed by atoms with van der Waals surface area (Å²) in [5, 5.41) is 6.98. The number of carbonyl (C=O) groups excluding carboxylic acids is 1. The van der Waals surface area contributed by atoms with Gasteiger partial charge in [-0.3, -0.25) is 13.9 Å². The smallest absolute Gasteiger partial charge is 0.237 e. The van der Waals surface area contributed by atoms with Crippen LogP contribution >= 0.6 is 10.8 Å². The van der Waals surface area contributed by atoms with Crippen molar-refractivity contribution in [3.8, 4) is 0 Å². The van der Waals surface area contributed by atoms with Crippen LogP contribution in [0.1, 0.15) is 89.5 Å². The first-order valence-electron chi connectivity index (χ1n) is 15.8. The number of carbonyl (C=O) groups is 1. The van der Waals surface area contributed by atoms with E-state index in [1.165, 1.54) is 12.1 Å². The lowest BCUT2D eigenvalue weighted by Gasteiger charge is -2.49. The van der Waals surface area contributed by atoms with Crippen molar-refractivity contribution in [2.75, 3.05) is 18.8 Å². The van der Waals surface area contributed by atoms with Gasteiger partial charge in [0.25, 0.3) is 0 Å². The minimum Gasteiger partial charge on any atom is -0.376 e. The summed E-state index contributed by atoms with van der Waals surface area (Å²) in [6.07, 6.45) is 9.61. The molecule has 0 aromatic heterocycles. The van der Waals surface area contributed by atoms with E-state index in [2.05, 4.69) is 24.5 Å². The predicted octanol–water partition coefficient (Wildman–Crippen LogP) is 5.00. The van der Waals surface area contributed by atoms with Crippen LogP contribution in [-0.2, 0) is 9.53 Å². The number of fused-ring (bicyclic) bond motifs is 2. The summed E-state index contributed by atoms with van der Waals surface area (Å²) in [5.74, 6) is 0.306. The highest BCUT2D eigenvalue weighted by atomic mass is 32.3. The minimum absolute atomic E-state index is 0.0532. The fraction of sp³-hybridized carbons (Fsp3) is 0.774. The summed E-state index contributed by atoms with van der Waals surface area (Å²) in [5.41, 5.74) is 7.70. The van der Waals surface area contributed by atoms with Gasteiger partial charge < -0.3 is 21.1 Å². The lowest BCUT2D eigenvalue weighted by atomic mass is 9.74. The standard InChI is InChI=1S/C31H51FN4O4S/c1-20-16-24(17-21(2)40-20)29(23-9-12-25(32)13-10-23)30(33)31(37)35-28-8-4-3-6-22(28)11-14-27-18-34-26-7-5-15-41(38,39)36(27)19-26/h9-10,12-13,20-22,24,26-30,34,38-39H,3-8,11,14-19,33H2,1-2H3,(H,35,37)/t20-,21+,22-,24?,26-,27+,28+,29+,30+/m1/s1. The van der Waals surface area contributed by atoms with E-state index in [1.54, 1.807) is 12.1 Å². The normalized spacial score (nSPS) is 37.8. The molecule has 10 atom stereocenters. The molecule has 1 aromatic rings. The fourth-order valence-electron chi connectivity index (χ4n) is 8.07. The van der Waals surface area contributed by atoms with Crippen LogP contribution in [0.5, 0.6) is 0 Å². The van der Waals surface area contributed by atoms with Crippen molar-refractivity contribution >= 4 is 16.7 Å². The lowest BCUT2D eigenvalue weighted by molar-refractivity contribution is -0.125. The van der Waals surface area contributed by atoms with Crippen LogP contribution in [0.25, 0.3) is 0 Å². The number of nitrogens with one attached hydrogen (secondary N) is 2. The molecule has 3 saturated heterocycles. The van der Waals surface area contributed by atoms with Crippen molar-refractivity contribution in [1.29, 1.82) is 0 Å². The average Bonchev–Trinajstić information content (AvgIpc) is 3.04. The molecule has 1 amide bonds. The Balaban J connectivity index is 1.25. The second-order valence-corrected chi connectivity index (χ2v) is 15.3. The Kier molecular flexibility index (Phi) is 10.3. The van der Waals surface area contributed by atoms with E-state index in [1.807, 2.05) is 4.31 Å². The van der Waals surface area contributed by atoms with Crippen LogP contribution in [0.15, 0.2) is 24.3 Å². The van der Waals surface area contributed by atoms with Crippen LogP contribution in [0, 0.1) is 17.7 Å². The third-order valence-electron chi connectivity index (χ3n) is 10.1. The van der Waals surface area contributed by atoms with Crippen molar-refractivity contribution in [2.24, 2.45) is 17.6 Å². The summed E-state index contributed by atoms with van der Waals surface area (Å²) in [6, 6.07) is 6.20.